The van der Waals surface area contributed by atoms with Gasteiger partial charge in [-0.2, -0.15) is 0 Å². The minimum Gasteiger partial charge on any atom is -0.368 e. The number of hydrogen-bond donors (Lipinski definition) is 1. The Morgan fingerprint density at radius 1 is 1.73 bits per heavy atom. The van der Waals surface area contributed by atoms with Crippen molar-refractivity contribution >= 4 is 27.5 Å². The van der Waals surface area contributed by atoms with E-state index in [-0.39, 0.29) is 9.70 Å². The molecule has 1 aliphatic heterocycles. The largest absolute Gasteiger partial charge is 0.368 e. The van der Waals surface area contributed by atoms with E-state index in [1.165, 1.54) is 0 Å². The van der Waals surface area contributed by atoms with Crippen molar-refractivity contribution in [3.8, 4) is 0 Å². The predicted octanol–water partition coefficient (Wildman–Crippen LogP) is 1.88. The van der Waals surface area contributed by atoms with Gasteiger partial charge in [-0.05, 0) is 19.8 Å². The van der Waals surface area contributed by atoms with Crippen LogP contribution in [0.4, 0.5) is 0 Å². The molecule has 1 aliphatic rings. The summed E-state index contributed by atoms with van der Waals surface area (Å²) in [5, 5.41) is 9.07. The van der Waals surface area contributed by atoms with E-state index in [0.29, 0.717) is 13.0 Å². The Hall–Kier alpha value is 0.690. The maximum atomic E-state index is 9.14. The Kier molecular flexibility index (Phi) is 3.20. The molecule has 0 unspecified atom stereocenters. The van der Waals surface area contributed by atoms with Gasteiger partial charge in [0.05, 0.1) is 12.0 Å². The van der Waals surface area contributed by atoms with Crippen LogP contribution in [0.25, 0.3) is 0 Å². The van der Waals surface area contributed by atoms with Crippen molar-refractivity contribution in [3.63, 3.8) is 0 Å². The first-order valence-corrected chi connectivity index (χ1v) is 4.88. The lowest BCUT2D eigenvalue weighted by Crippen LogP contribution is -2.30. The van der Waals surface area contributed by atoms with Crippen LogP contribution in [0.15, 0.2) is 0 Å². The lowest BCUT2D eigenvalue weighted by atomic mass is 10.0. The van der Waals surface area contributed by atoms with Crippen LogP contribution in [0, 0.1) is 0 Å². The maximum Gasteiger partial charge on any atom is 0.154 e. The summed E-state index contributed by atoms with van der Waals surface area (Å²) in [6.45, 7) is 2.43. The monoisotopic (exact) mass is 242 g/mol. The molecule has 11 heavy (non-hydrogen) atoms. The molecular formula is C7H12BrClO2. The molecule has 0 aromatic heterocycles. The first kappa shape index (κ1) is 9.78. The zero-order valence-corrected chi connectivity index (χ0v) is 8.73. The standard InChI is InChI=1S/C7H12BrClO2/c1-7(8)3-2-6(10)11-4-5(7)9/h5-6,10H,2-4H2,1H3/t5-,6+,7+/m0/s1. The highest BCUT2D eigenvalue weighted by Crippen LogP contribution is 2.34. The molecule has 0 spiro atoms. The number of aliphatic hydroxyl groups is 1. The van der Waals surface area contributed by atoms with Crippen LogP contribution in [0.5, 0.6) is 0 Å². The number of rotatable bonds is 0. The van der Waals surface area contributed by atoms with Gasteiger partial charge in [0, 0.05) is 4.32 Å². The van der Waals surface area contributed by atoms with Gasteiger partial charge in [-0.1, -0.05) is 15.9 Å². The highest BCUT2D eigenvalue weighted by molar-refractivity contribution is 9.10. The average Bonchev–Trinajstić information content (AvgIpc) is 2.03. The average molecular weight is 244 g/mol. The first-order valence-electron chi connectivity index (χ1n) is 3.65. The topological polar surface area (TPSA) is 29.5 Å². The minimum absolute atomic E-state index is 0.0698. The summed E-state index contributed by atoms with van der Waals surface area (Å²) in [5.74, 6) is 0. The third-order valence-corrected chi connectivity index (χ3v) is 3.79. The molecule has 0 bridgehead atoms. The number of ether oxygens (including phenoxy) is 1. The van der Waals surface area contributed by atoms with E-state index in [1.807, 2.05) is 6.92 Å². The molecule has 1 N–H and O–H groups in total. The highest BCUT2D eigenvalue weighted by atomic mass is 79.9. The SMILES string of the molecule is C[C@@]1(Br)CC[C@H](O)OC[C@@H]1Cl. The predicted molar refractivity (Wildman–Crippen MR) is 48.2 cm³/mol. The number of alkyl halides is 2. The molecule has 1 rings (SSSR count). The van der Waals surface area contributed by atoms with Gasteiger partial charge in [-0.25, -0.2) is 0 Å². The van der Waals surface area contributed by atoms with E-state index in [2.05, 4.69) is 15.9 Å². The summed E-state index contributed by atoms with van der Waals surface area (Å²) in [7, 11) is 0. The quantitative estimate of drug-likeness (QED) is 0.658. The lowest BCUT2D eigenvalue weighted by Gasteiger charge is -2.23. The second kappa shape index (κ2) is 3.60. The summed E-state index contributed by atoms with van der Waals surface area (Å²) >= 11 is 9.51. The molecule has 1 fully saturated rings. The fraction of sp³-hybridized carbons (Fsp3) is 1.00. The molecule has 1 heterocycles. The smallest absolute Gasteiger partial charge is 0.154 e. The van der Waals surface area contributed by atoms with E-state index in [1.54, 1.807) is 0 Å². The fourth-order valence-electron chi connectivity index (χ4n) is 1.01. The van der Waals surface area contributed by atoms with E-state index in [0.717, 1.165) is 6.42 Å². The molecule has 0 radical (unpaired) electrons. The van der Waals surface area contributed by atoms with Gasteiger partial charge in [0.2, 0.25) is 0 Å². The minimum atomic E-state index is -0.643. The molecule has 3 atom stereocenters. The molecule has 66 valence electrons. The van der Waals surface area contributed by atoms with E-state index in [9.17, 15) is 0 Å². The molecule has 0 amide bonds. The highest BCUT2D eigenvalue weighted by Gasteiger charge is 2.33. The van der Waals surface area contributed by atoms with Gasteiger partial charge in [-0.3, -0.25) is 0 Å². The maximum absolute atomic E-state index is 9.14. The van der Waals surface area contributed by atoms with Crippen molar-refractivity contribution < 1.29 is 9.84 Å². The van der Waals surface area contributed by atoms with Crippen LogP contribution < -0.4 is 0 Å². The Labute approximate surface area is 80.0 Å². The Bertz CT molecular complexity index is 140. The summed E-state index contributed by atoms with van der Waals surface area (Å²) in [4.78, 5) is 0. The second-order valence-electron chi connectivity index (χ2n) is 3.07. The number of aliphatic hydroxyl groups excluding tert-OH is 1. The van der Waals surface area contributed by atoms with Crippen LogP contribution >= 0.6 is 27.5 Å². The lowest BCUT2D eigenvalue weighted by molar-refractivity contribution is -0.0949. The molecule has 0 saturated carbocycles. The van der Waals surface area contributed by atoms with Gasteiger partial charge in [0.15, 0.2) is 6.29 Å². The first-order chi connectivity index (χ1) is 5.02. The van der Waals surface area contributed by atoms with Crippen LogP contribution in [-0.4, -0.2) is 27.7 Å². The van der Waals surface area contributed by atoms with E-state index >= 15 is 0 Å². The summed E-state index contributed by atoms with van der Waals surface area (Å²) in [6, 6.07) is 0. The molecule has 2 nitrogen and oxygen atoms in total. The van der Waals surface area contributed by atoms with Crippen molar-refractivity contribution in [1.29, 1.82) is 0 Å². The van der Waals surface area contributed by atoms with Crippen molar-refractivity contribution in [2.45, 2.75) is 35.8 Å². The second-order valence-corrected chi connectivity index (χ2v) is 5.41. The van der Waals surface area contributed by atoms with E-state index in [4.69, 9.17) is 21.4 Å². The van der Waals surface area contributed by atoms with Gasteiger partial charge in [0.25, 0.3) is 0 Å². The summed E-state index contributed by atoms with van der Waals surface area (Å²) in [5.41, 5.74) is 0. The molecular weight excluding hydrogens is 231 g/mol. The van der Waals surface area contributed by atoms with Crippen molar-refractivity contribution in [2.24, 2.45) is 0 Å². The molecule has 0 aromatic carbocycles. The van der Waals surface area contributed by atoms with Crippen molar-refractivity contribution in [2.75, 3.05) is 6.61 Å². The number of hydrogen-bond acceptors (Lipinski definition) is 2. The number of halogens is 2. The Morgan fingerprint density at radius 3 is 3.00 bits per heavy atom. The molecule has 0 aliphatic carbocycles. The Balaban J connectivity index is 2.56. The van der Waals surface area contributed by atoms with Gasteiger partial charge in [-0.15, -0.1) is 11.6 Å². The zero-order chi connectivity index (χ0) is 8.48. The Morgan fingerprint density at radius 2 is 2.36 bits per heavy atom. The molecule has 0 aromatic rings. The summed E-state index contributed by atoms with van der Waals surface area (Å²) in [6.07, 6.45) is 0.837. The van der Waals surface area contributed by atoms with E-state index < -0.39 is 6.29 Å². The normalized spacial score (nSPS) is 46.9. The van der Waals surface area contributed by atoms with Crippen LogP contribution in [0.3, 0.4) is 0 Å². The third kappa shape index (κ3) is 2.58. The zero-order valence-electron chi connectivity index (χ0n) is 6.39. The van der Waals surface area contributed by atoms with Crippen LogP contribution in [0.2, 0.25) is 0 Å². The summed E-state index contributed by atoms with van der Waals surface area (Å²) < 4.78 is 4.94. The molecule has 1 saturated heterocycles. The van der Waals surface area contributed by atoms with Gasteiger partial charge in [0.1, 0.15) is 0 Å². The van der Waals surface area contributed by atoms with Crippen LogP contribution in [0.1, 0.15) is 19.8 Å². The third-order valence-electron chi connectivity index (χ3n) is 1.97. The van der Waals surface area contributed by atoms with Crippen molar-refractivity contribution in [1.82, 2.24) is 0 Å². The van der Waals surface area contributed by atoms with Gasteiger partial charge >= 0.3 is 0 Å². The molecule has 4 heteroatoms. The van der Waals surface area contributed by atoms with Crippen molar-refractivity contribution in [3.05, 3.63) is 0 Å². The van der Waals surface area contributed by atoms with Gasteiger partial charge < -0.3 is 9.84 Å². The fourth-order valence-corrected chi connectivity index (χ4v) is 1.56. The van der Waals surface area contributed by atoms with Crippen LogP contribution in [-0.2, 0) is 4.74 Å².